The van der Waals surface area contributed by atoms with Crippen LogP contribution in [0.4, 0.5) is 5.69 Å². The van der Waals surface area contributed by atoms with Gasteiger partial charge in [-0.2, -0.15) is 5.26 Å². The molecule has 0 bridgehead atoms. The SMILES string of the molecule is CN(C)C=Cc1[nH]c2ccc(Oc3ncccc3C#N)cc2c1[N+](=O)[O-]. The van der Waals surface area contributed by atoms with Gasteiger partial charge in [-0.05, 0) is 36.4 Å². The number of aromatic amines is 1. The molecule has 130 valence electrons. The number of aromatic nitrogens is 2. The first-order valence-electron chi connectivity index (χ1n) is 7.67. The van der Waals surface area contributed by atoms with Gasteiger partial charge in [0.05, 0.1) is 15.8 Å². The molecule has 2 heterocycles. The Bertz CT molecular complexity index is 1050. The van der Waals surface area contributed by atoms with Gasteiger partial charge in [0.2, 0.25) is 5.88 Å². The number of rotatable bonds is 5. The molecule has 0 spiro atoms. The van der Waals surface area contributed by atoms with Crippen LogP contribution in [0, 0.1) is 21.4 Å². The van der Waals surface area contributed by atoms with Crippen molar-refractivity contribution < 1.29 is 9.66 Å². The van der Waals surface area contributed by atoms with E-state index >= 15 is 0 Å². The number of nitrogens with one attached hydrogen (secondary N) is 1. The third kappa shape index (κ3) is 3.32. The van der Waals surface area contributed by atoms with E-state index in [1.807, 2.05) is 20.2 Å². The van der Waals surface area contributed by atoms with Crippen molar-refractivity contribution in [1.29, 1.82) is 5.26 Å². The zero-order valence-corrected chi connectivity index (χ0v) is 14.1. The molecule has 0 saturated heterocycles. The minimum absolute atomic E-state index is 0.0370. The van der Waals surface area contributed by atoms with Crippen molar-refractivity contribution in [3.63, 3.8) is 0 Å². The van der Waals surface area contributed by atoms with Gasteiger partial charge in [-0.3, -0.25) is 10.1 Å². The van der Waals surface area contributed by atoms with Gasteiger partial charge in [0.1, 0.15) is 23.1 Å². The minimum atomic E-state index is -0.431. The van der Waals surface area contributed by atoms with Crippen LogP contribution in [0.3, 0.4) is 0 Å². The van der Waals surface area contributed by atoms with Crippen molar-refractivity contribution in [2.45, 2.75) is 0 Å². The lowest BCUT2D eigenvalue weighted by Gasteiger charge is -2.05. The van der Waals surface area contributed by atoms with Gasteiger partial charge in [0.15, 0.2) is 0 Å². The molecule has 3 rings (SSSR count). The Kier molecular flexibility index (Phi) is 4.53. The highest BCUT2D eigenvalue weighted by Gasteiger charge is 2.21. The number of pyridine rings is 1. The minimum Gasteiger partial charge on any atom is -0.438 e. The zero-order chi connectivity index (χ0) is 18.7. The van der Waals surface area contributed by atoms with E-state index < -0.39 is 4.92 Å². The molecule has 8 nitrogen and oxygen atoms in total. The summed E-state index contributed by atoms with van der Waals surface area (Å²) in [4.78, 5) is 20.0. The van der Waals surface area contributed by atoms with Gasteiger partial charge in [-0.15, -0.1) is 0 Å². The lowest BCUT2D eigenvalue weighted by atomic mass is 10.2. The van der Waals surface area contributed by atoms with E-state index in [4.69, 9.17) is 10.00 Å². The highest BCUT2D eigenvalue weighted by molar-refractivity contribution is 5.94. The maximum Gasteiger partial charge on any atom is 0.302 e. The fourth-order valence-corrected chi connectivity index (χ4v) is 2.45. The summed E-state index contributed by atoms with van der Waals surface area (Å²) in [6.45, 7) is 0. The van der Waals surface area contributed by atoms with Gasteiger partial charge in [0.25, 0.3) is 0 Å². The van der Waals surface area contributed by atoms with E-state index in [0.717, 1.165) is 0 Å². The van der Waals surface area contributed by atoms with Gasteiger partial charge < -0.3 is 14.6 Å². The summed E-state index contributed by atoms with van der Waals surface area (Å²) in [7, 11) is 3.66. The maximum atomic E-state index is 11.6. The first-order chi connectivity index (χ1) is 12.5. The zero-order valence-electron chi connectivity index (χ0n) is 14.1. The van der Waals surface area contributed by atoms with Gasteiger partial charge in [-0.25, -0.2) is 4.98 Å². The first kappa shape index (κ1) is 17.0. The van der Waals surface area contributed by atoms with Gasteiger partial charge in [-0.1, -0.05) is 0 Å². The number of fused-ring (bicyclic) bond motifs is 1. The van der Waals surface area contributed by atoms with E-state index in [1.54, 1.807) is 47.5 Å². The molecule has 0 aliphatic heterocycles. The molecule has 0 atom stereocenters. The first-order valence-corrected chi connectivity index (χ1v) is 7.67. The van der Waals surface area contributed by atoms with Crippen LogP contribution in [0.25, 0.3) is 17.0 Å². The predicted octanol–water partition coefficient (Wildman–Crippen LogP) is 3.67. The quantitative estimate of drug-likeness (QED) is 0.556. The number of hydrogen-bond donors (Lipinski definition) is 1. The van der Waals surface area contributed by atoms with Crippen molar-refractivity contribution in [1.82, 2.24) is 14.9 Å². The number of ether oxygens (including phenoxy) is 1. The number of H-pyrrole nitrogens is 1. The van der Waals surface area contributed by atoms with Crippen LogP contribution in [0.2, 0.25) is 0 Å². The monoisotopic (exact) mass is 349 g/mol. The number of nitro groups is 1. The summed E-state index contributed by atoms with van der Waals surface area (Å²) in [5.41, 5.74) is 1.26. The Morgan fingerprint density at radius 3 is 2.88 bits per heavy atom. The molecule has 0 fully saturated rings. The summed E-state index contributed by atoms with van der Waals surface area (Å²) in [5.74, 6) is 0.512. The van der Waals surface area contributed by atoms with Crippen LogP contribution in [-0.4, -0.2) is 33.9 Å². The van der Waals surface area contributed by atoms with Crippen molar-refractivity contribution >= 4 is 22.7 Å². The Morgan fingerprint density at radius 1 is 1.38 bits per heavy atom. The maximum absolute atomic E-state index is 11.6. The average molecular weight is 349 g/mol. The molecule has 1 aromatic carbocycles. The van der Waals surface area contributed by atoms with Crippen molar-refractivity contribution in [2.75, 3.05) is 14.1 Å². The molecule has 8 heteroatoms. The largest absolute Gasteiger partial charge is 0.438 e. The molecule has 0 aliphatic carbocycles. The predicted molar refractivity (Wildman–Crippen MR) is 96.7 cm³/mol. The number of nitrogens with zero attached hydrogens (tertiary/aromatic N) is 4. The second-order valence-corrected chi connectivity index (χ2v) is 5.70. The fraction of sp³-hybridized carbons (Fsp3) is 0.111. The third-order valence-corrected chi connectivity index (χ3v) is 3.60. The third-order valence-electron chi connectivity index (χ3n) is 3.60. The number of benzene rings is 1. The molecular weight excluding hydrogens is 334 g/mol. The summed E-state index contributed by atoms with van der Waals surface area (Å²) >= 11 is 0. The summed E-state index contributed by atoms with van der Waals surface area (Å²) in [5, 5.41) is 21.1. The van der Waals surface area contributed by atoms with E-state index in [0.29, 0.717) is 22.3 Å². The Morgan fingerprint density at radius 2 is 2.19 bits per heavy atom. The van der Waals surface area contributed by atoms with Crippen LogP contribution < -0.4 is 4.74 Å². The molecule has 2 aromatic heterocycles. The molecular formula is C18H15N5O3. The van der Waals surface area contributed by atoms with Crippen molar-refractivity contribution in [2.24, 2.45) is 0 Å². The van der Waals surface area contributed by atoms with Gasteiger partial charge >= 0.3 is 5.69 Å². The summed E-state index contributed by atoms with van der Waals surface area (Å²) in [6.07, 6.45) is 4.88. The standard InChI is InChI=1S/C18H15N5O3/c1-22(2)9-7-16-17(23(24)25)14-10-13(5-6-15(14)21-16)26-18-12(11-19)4-3-8-20-18/h3-10,21H,1-2H3. The lowest BCUT2D eigenvalue weighted by Crippen LogP contribution is -2.00. The fourth-order valence-electron chi connectivity index (χ4n) is 2.45. The van der Waals surface area contributed by atoms with Crippen molar-refractivity contribution in [3.05, 3.63) is 64.1 Å². The highest BCUT2D eigenvalue weighted by Crippen LogP contribution is 2.34. The Labute approximate surface area is 149 Å². The molecule has 0 amide bonds. The molecule has 0 radical (unpaired) electrons. The molecule has 0 saturated carbocycles. The van der Waals surface area contributed by atoms with E-state index in [9.17, 15) is 10.1 Å². The normalized spacial score (nSPS) is 10.8. The second kappa shape index (κ2) is 6.94. The van der Waals surface area contributed by atoms with Crippen molar-refractivity contribution in [3.8, 4) is 17.7 Å². The van der Waals surface area contributed by atoms with Crippen LogP contribution in [-0.2, 0) is 0 Å². The topological polar surface area (TPSA) is 108 Å². The molecule has 1 N–H and O–H groups in total. The van der Waals surface area contributed by atoms with E-state index in [-0.39, 0.29) is 17.1 Å². The van der Waals surface area contributed by atoms with Crippen LogP contribution in [0.1, 0.15) is 11.3 Å². The Hall–Kier alpha value is -3.86. The smallest absolute Gasteiger partial charge is 0.302 e. The van der Waals surface area contributed by atoms with Crippen LogP contribution in [0.15, 0.2) is 42.7 Å². The Balaban J connectivity index is 2.06. The average Bonchev–Trinajstić information content (AvgIpc) is 2.98. The van der Waals surface area contributed by atoms with Crippen LogP contribution in [0.5, 0.6) is 11.6 Å². The van der Waals surface area contributed by atoms with E-state index in [1.165, 1.54) is 6.20 Å². The molecule has 0 aliphatic rings. The summed E-state index contributed by atoms with van der Waals surface area (Å²) in [6, 6.07) is 10.1. The van der Waals surface area contributed by atoms with E-state index in [2.05, 4.69) is 9.97 Å². The summed E-state index contributed by atoms with van der Waals surface area (Å²) < 4.78 is 5.65. The molecule has 3 aromatic rings. The molecule has 26 heavy (non-hydrogen) atoms. The van der Waals surface area contributed by atoms with Crippen LogP contribution >= 0.6 is 0 Å². The second-order valence-electron chi connectivity index (χ2n) is 5.70. The van der Waals surface area contributed by atoms with Gasteiger partial charge in [0, 0.05) is 26.5 Å². The number of hydrogen-bond acceptors (Lipinski definition) is 6. The molecule has 0 unspecified atom stereocenters. The lowest BCUT2D eigenvalue weighted by molar-refractivity contribution is -0.383. The number of nitriles is 1. The highest BCUT2D eigenvalue weighted by atomic mass is 16.6.